The van der Waals surface area contributed by atoms with Crippen LogP contribution in [0, 0.1) is 0 Å². The molecule has 0 saturated heterocycles. The highest BCUT2D eigenvalue weighted by Gasteiger charge is 2.38. The zero-order valence-electron chi connectivity index (χ0n) is 12.7. The van der Waals surface area contributed by atoms with E-state index in [1.807, 2.05) is 48.5 Å². The van der Waals surface area contributed by atoms with Crippen molar-refractivity contribution in [3.8, 4) is 0 Å². The van der Waals surface area contributed by atoms with Crippen LogP contribution >= 0.6 is 0 Å². The third-order valence-corrected chi connectivity index (χ3v) is 4.43. The van der Waals surface area contributed by atoms with Gasteiger partial charge in [-0.15, -0.1) is 0 Å². The number of fused-ring (bicyclic) bond motifs is 3. The van der Waals surface area contributed by atoms with E-state index in [2.05, 4.69) is 23.6 Å². The van der Waals surface area contributed by atoms with Crippen molar-refractivity contribution in [1.29, 1.82) is 0 Å². The summed E-state index contributed by atoms with van der Waals surface area (Å²) in [5.74, 6) is 0.233. The number of nitrogens with zero attached hydrogens (tertiary/aromatic N) is 1. The van der Waals surface area contributed by atoms with E-state index in [0.717, 1.165) is 17.7 Å². The van der Waals surface area contributed by atoms with Gasteiger partial charge in [-0.1, -0.05) is 60.7 Å². The maximum absolute atomic E-state index is 12.5. The number of nitrogens with one attached hydrogen (secondary N) is 1. The largest absolute Gasteiger partial charge is 0.443 e. The SMILES string of the molecule is O=C(OCc1ccccc1)N1Nc2ccccc2[C@H]2C=CC[C@H]21. The number of hydrogen-bond donors (Lipinski definition) is 1. The van der Waals surface area contributed by atoms with Crippen molar-refractivity contribution >= 4 is 11.8 Å². The molecule has 1 aliphatic heterocycles. The van der Waals surface area contributed by atoms with Crippen LogP contribution in [0.4, 0.5) is 10.5 Å². The van der Waals surface area contributed by atoms with E-state index in [9.17, 15) is 4.79 Å². The predicted octanol–water partition coefficient (Wildman–Crippen LogP) is 4.08. The second-order valence-corrected chi connectivity index (χ2v) is 5.87. The van der Waals surface area contributed by atoms with Crippen LogP contribution in [-0.4, -0.2) is 17.1 Å². The fourth-order valence-corrected chi connectivity index (χ4v) is 3.29. The number of anilines is 1. The molecule has 1 amide bonds. The molecule has 2 aromatic rings. The molecule has 1 aliphatic carbocycles. The molecule has 0 fully saturated rings. The van der Waals surface area contributed by atoms with Crippen LogP contribution in [0.25, 0.3) is 0 Å². The van der Waals surface area contributed by atoms with E-state index in [4.69, 9.17) is 4.74 Å². The average Bonchev–Trinajstić information content (AvgIpc) is 3.10. The Balaban J connectivity index is 1.52. The molecule has 0 bridgehead atoms. The van der Waals surface area contributed by atoms with E-state index < -0.39 is 0 Å². The van der Waals surface area contributed by atoms with Crippen molar-refractivity contribution in [2.75, 3.05) is 5.43 Å². The maximum Gasteiger partial charge on any atom is 0.429 e. The van der Waals surface area contributed by atoms with Gasteiger partial charge in [0.25, 0.3) is 0 Å². The molecule has 0 spiro atoms. The van der Waals surface area contributed by atoms with Gasteiger partial charge in [0.15, 0.2) is 0 Å². The first-order valence-corrected chi connectivity index (χ1v) is 7.85. The molecule has 116 valence electrons. The normalized spacial score (nSPS) is 21.3. The number of amides is 1. The van der Waals surface area contributed by atoms with Crippen LogP contribution in [0.1, 0.15) is 23.5 Å². The monoisotopic (exact) mass is 306 g/mol. The van der Waals surface area contributed by atoms with Crippen molar-refractivity contribution in [2.45, 2.75) is 25.0 Å². The van der Waals surface area contributed by atoms with Gasteiger partial charge in [0, 0.05) is 5.92 Å². The Bertz CT molecular complexity index is 742. The summed E-state index contributed by atoms with van der Waals surface area (Å²) in [4.78, 5) is 12.5. The minimum Gasteiger partial charge on any atom is -0.443 e. The second kappa shape index (κ2) is 5.80. The smallest absolute Gasteiger partial charge is 0.429 e. The number of benzene rings is 2. The number of carbonyl (C=O) groups excluding carboxylic acids is 1. The maximum atomic E-state index is 12.5. The van der Waals surface area contributed by atoms with E-state index in [1.54, 1.807) is 5.01 Å². The van der Waals surface area contributed by atoms with Crippen molar-refractivity contribution in [2.24, 2.45) is 0 Å². The number of rotatable bonds is 2. The molecule has 0 saturated carbocycles. The molecule has 4 nitrogen and oxygen atoms in total. The highest BCUT2D eigenvalue weighted by atomic mass is 16.6. The topological polar surface area (TPSA) is 41.6 Å². The number of ether oxygens (including phenoxy) is 1. The van der Waals surface area contributed by atoms with E-state index in [-0.39, 0.29) is 24.7 Å². The van der Waals surface area contributed by atoms with Gasteiger partial charge in [-0.3, -0.25) is 5.43 Å². The van der Waals surface area contributed by atoms with Gasteiger partial charge < -0.3 is 4.74 Å². The molecule has 23 heavy (non-hydrogen) atoms. The fourth-order valence-electron chi connectivity index (χ4n) is 3.29. The fraction of sp³-hybridized carbons (Fsp3) is 0.211. The molecular formula is C19H18N2O2. The first kappa shape index (κ1) is 13.9. The number of para-hydroxylation sites is 1. The molecular weight excluding hydrogens is 288 g/mol. The van der Waals surface area contributed by atoms with Crippen molar-refractivity contribution < 1.29 is 9.53 Å². The minimum absolute atomic E-state index is 0.0770. The molecule has 4 rings (SSSR count). The lowest BCUT2D eigenvalue weighted by atomic mass is 9.91. The van der Waals surface area contributed by atoms with Crippen LogP contribution in [-0.2, 0) is 11.3 Å². The number of hydrazine groups is 1. The molecule has 0 unspecified atom stereocenters. The van der Waals surface area contributed by atoms with Gasteiger partial charge in [0.1, 0.15) is 6.61 Å². The molecule has 2 atom stereocenters. The summed E-state index contributed by atoms with van der Waals surface area (Å²) in [5, 5.41) is 1.63. The molecule has 0 radical (unpaired) electrons. The van der Waals surface area contributed by atoms with E-state index >= 15 is 0 Å². The zero-order valence-corrected chi connectivity index (χ0v) is 12.7. The van der Waals surface area contributed by atoms with Crippen LogP contribution in [0.15, 0.2) is 66.7 Å². The Hall–Kier alpha value is -2.75. The van der Waals surface area contributed by atoms with Crippen molar-refractivity contribution in [3.05, 3.63) is 77.9 Å². The standard InChI is InChI=1S/C19H18N2O2/c22-19(23-13-14-7-2-1-3-8-14)21-18-12-6-10-16(18)15-9-4-5-11-17(15)20-21/h1-11,16,18,20H,12-13H2/t16-,18-/m1/s1. The summed E-state index contributed by atoms with van der Waals surface area (Å²) in [5.41, 5.74) is 6.41. The Morgan fingerprint density at radius 1 is 1.13 bits per heavy atom. The molecule has 4 heteroatoms. The van der Waals surface area contributed by atoms with Gasteiger partial charge in [-0.25, -0.2) is 9.80 Å². The second-order valence-electron chi connectivity index (χ2n) is 5.87. The van der Waals surface area contributed by atoms with Crippen molar-refractivity contribution in [1.82, 2.24) is 5.01 Å². The van der Waals surface area contributed by atoms with Gasteiger partial charge in [-0.2, -0.15) is 0 Å². The first-order valence-electron chi connectivity index (χ1n) is 7.85. The number of hydrogen-bond acceptors (Lipinski definition) is 3. The Kier molecular flexibility index (Phi) is 3.50. The summed E-state index contributed by atoms with van der Waals surface area (Å²) >= 11 is 0. The molecule has 0 aromatic heterocycles. The molecule has 2 aromatic carbocycles. The highest BCUT2D eigenvalue weighted by Crippen LogP contribution is 2.40. The van der Waals surface area contributed by atoms with Crippen LogP contribution in [0.5, 0.6) is 0 Å². The van der Waals surface area contributed by atoms with Crippen LogP contribution in [0.3, 0.4) is 0 Å². The molecule has 1 N–H and O–H groups in total. The summed E-state index contributed by atoms with van der Waals surface area (Å²) in [6, 6.07) is 17.9. The van der Waals surface area contributed by atoms with Gasteiger partial charge in [-0.05, 0) is 23.6 Å². The Morgan fingerprint density at radius 3 is 2.78 bits per heavy atom. The molecule has 2 aliphatic rings. The van der Waals surface area contributed by atoms with Gasteiger partial charge in [0.05, 0.1) is 11.7 Å². The molecule has 1 heterocycles. The predicted molar refractivity (Wildman–Crippen MR) is 88.8 cm³/mol. The van der Waals surface area contributed by atoms with Crippen LogP contribution in [0.2, 0.25) is 0 Å². The summed E-state index contributed by atoms with van der Waals surface area (Å²) < 4.78 is 5.49. The lowest BCUT2D eigenvalue weighted by molar-refractivity contribution is 0.0875. The summed E-state index contributed by atoms with van der Waals surface area (Å²) in [6.07, 6.45) is 4.83. The lowest BCUT2D eigenvalue weighted by Crippen LogP contribution is -2.48. The van der Waals surface area contributed by atoms with E-state index in [1.165, 1.54) is 5.56 Å². The summed E-state index contributed by atoms with van der Waals surface area (Å²) in [7, 11) is 0. The van der Waals surface area contributed by atoms with Crippen molar-refractivity contribution in [3.63, 3.8) is 0 Å². The van der Waals surface area contributed by atoms with Gasteiger partial charge >= 0.3 is 6.09 Å². The third-order valence-electron chi connectivity index (χ3n) is 4.43. The highest BCUT2D eigenvalue weighted by molar-refractivity contribution is 5.73. The van der Waals surface area contributed by atoms with Crippen LogP contribution < -0.4 is 5.43 Å². The lowest BCUT2D eigenvalue weighted by Gasteiger charge is -2.38. The zero-order chi connectivity index (χ0) is 15.6. The Morgan fingerprint density at radius 2 is 1.91 bits per heavy atom. The number of carbonyl (C=O) groups is 1. The quantitative estimate of drug-likeness (QED) is 0.850. The third kappa shape index (κ3) is 2.57. The minimum atomic E-state index is -0.331. The first-order chi connectivity index (χ1) is 11.3. The Labute approximate surface area is 135 Å². The van der Waals surface area contributed by atoms with E-state index in [0.29, 0.717) is 0 Å². The van der Waals surface area contributed by atoms with Gasteiger partial charge in [0.2, 0.25) is 0 Å². The average molecular weight is 306 g/mol. The summed E-state index contributed by atoms with van der Waals surface area (Å²) in [6.45, 7) is 0.282.